The van der Waals surface area contributed by atoms with E-state index in [0.717, 1.165) is 22.2 Å². The second kappa shape index (κ2) is 9.16. The number of rotatable bonds is 3. The maximum atomic E-state index is 13.4. The Hall–Kier alpha value is -4.13. The molecule has 0 saturated carbocycles. The molecule has 0 fully saturated rings. The highest BCUT2D eigenvalue weighted by Gasteiger charge is 2.42. The topological polar surface area (TPSA) is 93.5 Å². The van der Waals surface area contributed by atoms with E-state index in [1.165, 1.54) is 5.56 Å². The molecule has 168 valence electrons. The minimum atomic E-state index is -0.745. The number of amides is 1. The van der Waals surface area contributed by atoms with Gasteiger partial charge in [0.1, 0.15) is 17.0 Å². The van der Waals surface area contributed by atoms with Crippen LogP contribution in [0.3, 0.4) is 0 Å². The van der Waals surface area contributed by atoms with Crippen LogP contribution in [0.5, 0.6) is 5.75 Å². The van der Waals surface area contributed by atoms with Gasteiger partial charge in [0, 0.05) is 42.3 Å². The molecule has 0 spiro atoms. The van der Waals surface area contributed by atoms with E-state index in [1.54, 1.807) is 6.20 Å². The molecule has 3 heterocycles. The Balaban J connectivity index is 0.000000821. The smallest absolute Gasteiger partial charge is 0.290 e. The van der Waals surface area contributed by atoms with Gasteiger partial charge < -0.3 is 19.7 Å². The molecule has 7 heteroatoms. The number of benzene rings is 2. The first-order valence-corrected chi connectivity index (χ1v) is 10.6. The fraction of sp³-hybridized carbons (Fsp3) is 0.192. The summed E-state index contributed by atoms with van der Waals surface area (Å²) in [4.78, 5) is 26.4. The molecule has 1 atom stereocenters. The second-order valence-electron chi connectivity index (χ2n) is 7.98. The summed E-state index contributed by atoms with van der Waals surface area (Å²) >= 11 is 0. The van der Waals surface area contributed by atoms with Crippen molar-refractivity contribution < 1.29 is 19.4 Å². The molecule has 2 aromatic heterocycles. The van der Waals surface area contributed by atoms with E-state index < -0.39 is 5.54 Å². The lowest BCUT2D eigenvalue weighted by atomic mass is 9.81. The Morgan fingerprint density at radius 3 is 2.70 bits per heavy atom. The number of aromatic nitrogens is 2. The first kappa shape index (κ1) is 22.1. The van der Waals surface area contributed by atoms with Gasteiger partial charge in [0.25, 0.3) is 12.4 Å². The van der Waals surface area contributed by atoms with E-state index in [4.69, 9.17) is 14.6 Å². The molecule has 0 bridgehead atoms. The summed E-state index contributed by atoms with van der Waals surface area (Å²) < 4.78 is 7.90. The van der Waals surface area contributed by atoms with Gasteiger partial charge in [-0.2, -0.15) is 0 Å². The normalized spacial score (nSPS) is 16.7. The Morgan fingerprint density at radius 1 is 1.18 bits per heavy atom. The maximum absolute atomic E-state index is 13.4. The van der Waals surface area contributed by atoms with Crippen molar-refractivity contribution in [3.05, 3.63) is 95.4 Å². The summed E-state index contributed by atoms with van der Waals surface area (Å²) in [6.45, 7) is 2.31. The lowest BCUT2D eigenvalue weighted by Crippen LogP contribution is -2.50. The standard InChI is InChI=1S/C25H23N3O2.CH2O2/c1-17-5-8-20(9-6-17)25(12-15-30-22-4-3-13-26-23(22)25)27-24(29)19-7-10-21-18(16-19)11-14-28(21)2;2-1-3/h3-11,13-14,16H,12,15H2,1-2H3,(H,27,29);1H,(H,2,3)/t25-;/m0./s1. The van der Waals surface area contributed by atoms with Gasteiger partial charge in [0.15, 0.2) is 0 Å². The highest BCUT2D eigenvalue weighted by atomic mass is 16.5. The van der Waals surface area contributed by atoms with Crippen LogP contribution in [0.25, 0.3) is 10.9 Å². The molecule has 4 aromatic rings. The monoisotopic (exact) mass is 443 g/mol. The van der Waals surface area contributed by atoms with Crippen LogP contribution in [0.1, 0.15) is 33.6 Å². The van der Waals surface area contributed by atoms with Crippen LogP contribution in [0.2, 0.25) is 0 Å². The van der Waals surface area contributed by atoms with Gasteiger partial charge in [-0.15, -0.1) is 0 Å². The Labute approximate surface area is 191 Å². The number of aryl methyl sites for hydroxylation is 2. The number of ether oxygens (including phenoxy) is 1. The molecule has 2 N–H and O–H groups in total. The van der Waals surface area contributed by atoms with E-state index in [2.05, 4.69) is 41.5 Å². The molecule has 33 heavy (non-hydrogen) atoms. The van der Waals surface area contributed by atoms with Crippen molar-refractivity contribution in [2.75, 3.05) is 6.61 Å². The third-order valence-electron chi connectivity index (χ3n) is 5.93. The zero-order valence-electron chi connectivity index (χ0n) is 18.5. The van der Waals surface area contributed by atoms with Crippen molar-refractivity contribution in [3.63, 3.8) is 0 Å². The van der Waals surface area contributed by atoms with E-state index in [-0.39, 0.29) is 12.4 Å². The van der Waals surface area contributed by atoms with E-state index >= 15 is 0 Å². The van der Waals surface area contributed by atoms with Crippen molar-refractivity contribution in [2.24, 2.45) is 7.05 Å². The maximum Gasteiger partial charge on any atom is 0.290 e. The Bertz CT molecular complexity index is 1300. The number of nitrogens with zero attached hydrogens (tertiary/aromatic N) is 2. The van der Waals surface area contributed by atoms with E-state index in [0.29, 0.717) is 24.3 Å². The van der Waals surface area contributed by atoms with Crippen LogP contribution < -0.4 is 10.1 Å². The zero-order valence-corrected chi connectivity index (χ0v) is 18.5. The van der Waals surface area contributed by atoms with E-state index in [9.17, 15) is 4.79 Å². The number of carboxylic acid groups (broad SMARTS) is 1. The Kier molecular flexibility index (Phi) is 6.13. The fourth-order valence-corrected chi connectivity index (χ4v) is 4.26. The van der Waals surface area contributed by atoms with Gasteiger partial charge >= 0.3 is 0 Å². The highest BCUT2D eigenvalue weighted by molar-refractivity contribution is 5.99. The van der Waals surface area contributed by atoms with Crippen molar-refractivity contribution >= 4 is 23.3 Å². The summed E-state index contributed by atoms with van der Waals surface area (Å²) in [5, 5.41) is 11.3. The van der Waals surface area contributed by atoms with Crippen LogP contribution in [0.4, 0.5) is 0 Å². The van der Waals surface area contributed by atoms with Crippen molar-refractivity contribution in [2.45, 2.75) is 18.9 Å². The minimum Gasteiger partial charge on any atom is -0.491 e. The number of carbonyl (C=O) groups excluding carboxylic acids is 1. The quantitative estimate of drug-likeness (QED) is 0.466. The Morgan fingerprint density at radius 2 is 1.94 bits per heavy atom. The van der Waals surface area contributed by atoms with Crippen LogP contribution in [-0.2, 0) is 17.4 Å². The third kappa shape index (κ3) is 4.17. The fourth-order valence-electron chi connectivity index (χ4n) is 4.26. The average molecular weight is 444 g/mol. The summed E-state index contributed by atoms with van der Waals surface area (Å²) in [5.74, 6) is 0.586. The molecule has 1 aliphatic rings. The van der Waals surface area contributed by atoms with Gasteiger partial charge in [0.05, 0.1) is 6.61 Å². The number of carbonyl (C=O) groups is 2. The molecule has 0 saturated heterocycles. The summed E-state index contributed by atoms with van der Waals surface area (Å²) in [5.41, 5.74) is 3.90. The molecular weight excluding hydrogens is 418 g/mol. The zero-order chi connectivity index (χ0) is 23.4. The largest absolute Gasteiger partial charge is 0.491 e. The number of nitrogens with one attached hydrogen (secondary N) is 1. The predicted octanol–water partition coefficient (Wildman–Crippen LogP) is 4.04. The molecule has 7 nitrogen and oxygen atoms in total. The van der Waals surface area contributed by atoms with Gasteiger partial charge in [-0.05, 0) is 48.9 Å². The third-order valence-corrected chi connectivity index (χ3v) is 5.93. The number of hydrogen-bond donors (Lipinski definition) is 2. The van der Waals surface area contributed by atoms with Gasteiger partial charge in [0.2, 0.25) is 0 Å². The number of fused-ring (bicyclic) bond motifs is 2. The van der Waals surface area contributed by atoms with Gasteiger partial charge in [-0.1, -0.05) is 29.8 Å². The van der Waals surface area contributed by atoms with Crippen molar-refractivity contribution in [1.82, 2.24) is 14.9 Å². The van der Waals surface area contributed by atoms with E-state index in [1.807, 2.05) is 54.2 Å². The van der Waals surface area contributed by atoms with Crippen molar-refractivity contribution in [3.8, 4) is 5.75 Å². The van der Waals surface area contributed by atoms with Gasteiger partial charge in [-0.3, -0.25) is 14.6 Å². The number of pyridine rings is 1. The molecule has 1 aliphatic heterocycles. The van der Waals surface area contributed by atoms with Crippen LogP contribution in [0, 0.1) is 6.92 Å². The summed E-state index contributed by atoms with van der Waals surface area (Å²) in [6, 6.07) is 19.9. The predicted molar refractivity (Wildman–Crippen MR) is 125 cm³/mol. The minimum absolute atomic E-state index is 0.125. The average Bonchev–Trinajstić information content (AvgIpc) is 3.20. The highest BCUT2D eigenvalue weighted by Crippen LogP contribution is 2.40. The van der Waals surface area contributed by atoms with Crippen LogP contribution in [-0.4, -0.2) is 33.6 Å². The lowest BCUT2D eigenvalue weighted by Gasteiger charge is -2.39. The molecule has 2 aromatic carbocycles. The molecule has 0 aliphatic carbocycles. The molecule has 0 radical (unpaired) electrons. The number of hydrogen-bond acceptors (Lipinski definition) is 4. The molecule has 5 rings (SSSR count). The lowest BCUT2D eigenvalue weighted by molar-refractivity contribution is -0.122. The second-order valence-corrected chi connectivity index (χ2v) is 7.98. The first-order valence-electron chi connectivity index (χ1n) is 10.6. The molecule has 1 amide bonds. The summed E-state index contributed by atoms with van der Waals surface area (Å²) in [7, 11) is 2.00. The SMILES string of the molecule is Cc1ccc([C@@]2(NC(=O)c3ccc4c(ccn4C)c3)CCOc3cccnc32)cc1.O=CO. The first-order chi connectivity index (χ1) is 16.0. The van der Waals surface area contributed by atoms with Crippen LogP contribution in [0.15, 0.2) is 73.1 Å². The van der Waals surface area contributed by atoms with Crippen molar-refractivity contribution in [1.29, 1.82) is 0 Å². The van der Waals surface area contributed by atoms with Crippen LogP contribution >= 0.6 is 0 Å². The van der Waals surface area contributed by atoms with Gasteiger partial charge in [-0.25, -0.2) is 0 Å². The summed E-state index contributed by atoms with van der Waals surface area (Å²) in [6.07, 6.45) is 4.36. The molecular formula is C26H25N3O4. The molecule has 0 unspecified atom stereocenters.